The summed E-state index contributed by atoms with van der Waals surface area (Å²) in [6.45, 7) is 0. The van der Waals surface area contributed by atoms with E-state index in [9.17, 15) is 4.79 Å². The monoisotopic (exact) mass is 383 g/mol. The standard InChI is InChI=1S/C19H17N3O4S/c1-24-11-3-4-12(15(9-11)25-2)18(23)22-17-6-5-16(27-17)19-21-13-10-20-8-7-14(13)26-19/h3-5,7-10,17H,6H2,1-2H3,(H,22,23). The van der Waals surface area contributed by atoms with Gasteiger partial charge < -0.3 is 19.2 Å². The number of pyridine rings is 1. The first-order valence-corrected chi connectivity index (χ1v) is 9.16. The Balaban J connectivity index is 1.45. The fraction of sp³-hybridized carbons (Fsp3) is 0.211. The molecule has 1 atom stereocenters. The van der Waals surface area contributed by atoms with Gasteiger partial charge in [0.2, 0.25) is 5.89 Å². The largest absolute Gasteiger partial charge is 0.497 e. The van der Waals surface area contributed by atoms with Crippen molar-refractivity contribution >= 4 is 33.7 Å². The molecule has 27 heavy (non-hydrogen) atoms. The van der Waals surface area contributed by atoms with Crippen LogP contribution >= 0.6 is 11.8 Å². The van der Waals surface area contributed by atoms with Gasteiger partial charge in [0.25, 0.3) is 5.91 Å². The molecule has 0 saturated heterocycles. The van der Waals surface area contributed by atoms with Gasteiger partial charge in [-0.1, -0.05) is 17.8 Å². The molecule has 0 saturated carbocycles. The maximum absolute atomic E-state index is 12.6. The van der Waals surface area contributed by atoms with Crippen LogP contribution in [-0.4, -0.2) is 35.5 Å². The number of nitrogens with one attached hydrogen (secondary N) is 1. The number of amides is 1. The average Bonchev–Trinajstić information content (AvgIpc) is 3.33. The quantitative estimate of drug-likeness (QED) is 0.722. The van der Waals surface area contributed by atoms with Crippen molar-refractivity contribution in [2.45, 2.75) is 11.8 Å². The number of hydrogen-bond donors (Lipinski definition) is 1. The summed E-state index contributed by atoms with van der Waals surface area (Å²) in [7, 11) is 3.09. The van der Waals surface area contributed by atoms with Crippen LogP contribution in [0.3, 0.4) is 0 Å². The molecule has 1 N–H and O–H groups in total. The van der Waals surface area contributed by atoms with E-state index in [4.69, 9.17) is 13.9 Å². The predicted octanol–water partition coefficient (Wildman–Crippen LogP) is 3.47. The van der Waals surface area contributed by atoms with E-state index in [0.29, 0.717) is 40.5 Å². The molecule has 0 bridgehead atoms. The first-order chi connectivity index (χ1) is 13.2. The normalized spacial score (nSPS) is 16.2. The Morgan fingerprint density at radius 3 is 2.96 bits per heavy atom. The summed E-state index contributed by atoms with van der Waals surface area (Å²) in [4.78, 5) is 22.0. The molecule has 2 aromatic heterocycles. The molecule has 3 heterocycles. The molecule has 0 aliphatic carbocycles. The van der Waals surface area contributed by atoms with E-state index < -0.39 is 0 Å². The van der Waals surface area contributed by atoms with Crippen LogP contribution in [0.2, 0.25) is 0 Å². The third kappa shape index (κ3) is 3.48. The highest BCUT2D eigenvalue weighted by molar-refractivity contribution is 8.09. The van der Waals surface area contributed by atoms with E-state index in [1.54, 1.807) is 43.8 Å². The summed E-state index contributed by atoms with van der Waals surface area (Å²) < 4.78 is 16.2. The van der Waals surface area contributed by atoms with Gasteiger partial charge in [-0.05, 0) is 18.6 Å². The van der Waals surface area contributed by atoms with E-state index in [-0.39, 0.29) is 11.3 Å². The molecule has 4 rings (SSSR count). The van der Waals surface area contributed by atoms with E-state index in [2.05, 4.69) is 15.3 Å². The number of rotatable bonds is 5. The third-order valence-electron chi connectivity index (χ3n) is 4.13. The fourth-order valence-electron chi connectivity index (χ4n) is 2.79. The molecule has 1 amide bonds. The average molecular weight is 383 g/mol. The third-order valence-corrected chi connectivity index (χ3v) is 5.32. The lowest BCUT2D eigenvalue weighted by Crippen LogP contribution is -2.31. The zero-order valence-corrected chi connectivity index (χ0v) is 15.6. The van der Waals surface area contributed by atoms with Gasteiger partial charge >= 0.3 is 0 Å². The SMILES string of the molecule is COc1ccc(C(=O)NC2CC=C(c3nc4cnccc4o3)S2)c(OC)c1. The number of nitrogens with zero attached hydrogens (tertiary/aromatic N) is 2. The van der Waals surface area contributed by atoms with E-state index in [1.165, 1.54) is 18.9 Å². The van der Waals surface area contributed by atoms with E-state index in [1.807, 2.05) is 6.08 Å². The molecule has 138 valence electrons. The van der Waals surface area contributed by atoms with Crippen molar-refractivity contribution in [2.75, 3.05) is 14.2 Å². The van der Waals surface area contributed by atoms with Crippen LogP contribution < -0.4 is 14.8 Å². The van der Waals surface area contributed by atoms with E-state index in [0.717, 1.165) is 4.91 Å². The van der Waals surface area contributed by atoms with Gasteiger partial charge in [0, 0.05) is 18.3 Å². The summed E-state index contributed by atoms with van der Waals surface area (Å²) in [5.41, 5.74) is 1.86. The molecular formula is C19H17N3O4S. The lowest BCUT2D eigenvalue weighted by Gasteiger charge is -2.14. The molecule has 7 nitrogen and oxygen atoms in total. The Morgan fingerprint density at radius 2 is 2.19 bits per heavy atom. The van der Waals surface area contributed by atoms with Crippen LogP contribution in [0, 0.1) is 0 Å². The van der Waals surface area contributed by atoms with Gasteiger partial charge in [-0.15, -0.1) is 0 Å². The summed E-state index contributed by atoms with van der Waals surface area (Å²) in [6, 6.07) is 6.89. The minimum absolute atomic E-state index is 0.104. The molecule has 8 heteroatoms. The first-order valence-electron chi connectivity index (χ1n) is 8.28. The zero-order valence-electron chi connectivity index (χ0n) is 14.8. The summed E-state index contributed by atoms with van der Waals surface area (Å²) in [5.74, 6) is 1.44. The molecule has 1 aliphatic heterocycles. The van der Waals surface area contributed by atoms with Gasteiger partial charge in [-0.2, -0.15) is 0 Å². The number of methoxy groups -OCH3 is 2. The van der Waals surface area contributed by atoms with Crippen molar-refractivity contribution in [1.29, 1.82) is 0 Å². The maximum atomic E-state index is 12.6. The Morgan fingerprint density at radius 1 is 1.30 bits per heavy atom. The summed E-state index contributed by atoms with van der Waals surface area (Å²) >= 11 is 1.51. The molecule has 1 aromatic carbocycles. The van der Waals surface area contributed by atoms with Crippen LogP contribution in [0.25, 0.3) is 16.0 Å². The summed E-state index contributed by atoms with van der Waals surface area (Å²) in [6.07, 6.45) is 6.02. The maximum Gasteiger partial charge on any atom is 0.255 e. The Labute approximate surface area is 159 Å². The van der Waals surface area contributed by atoms with Crippen LogP contribution in [0.15, 0.2) is 47.2 Å². The van der Waals surface area contributed by atoms with Crippen LogP contribution in [0.5, 0.6) is 11.5 Å². The number of aromatic nitrogens is 2. The molecule has 0 spiro atoms. The number of ether oxygens (including phenoxy) is 2. The number of thioether (sulfide) groups is 1. The van der Waals surface area contributed by atoms with Gasteiger partial charge in [0.15, 0.2) is 5.58 Å². The van der Waals surface area contributed by atoms with Crippen LogP contribution in [0.4, 0.5) is 0 Å². The number of fused-ring (bicyclic) bond motifs is 1. The van der Waals surface area contributed by atoms with Crippen LogP contribution in [0.1, 0.15) is 22.7 Å². The van der Waals surface area contributed by atoms with Crippen molar-refractivity contribution in [3.05, 3.63) is 54.2 Å². The highest BCUT2D eigenvalue weighted by Crippen LogP contribution is 2.39. The second-order valence-corrected chi connectivity index (χ2v) is 7.06. The van der Waals surface area contributed by atoms with Gasteiger partial charge in [-0.25, -0.2) is 4.98 Å². The Hall–Kier alpha value is -3.00. The topological polar surface area (TPSA) is 86.5 Å². The van der Waals surface area contributed by atoms with Crippen LogP contribution in [-0.2, 0) is 0 Å². The molecule has 1 aliphatic rings. The lowest BCUT2D eigenvalue weighted by atomic mass is 10.1. The van der Waals surface area contributed by atoms with Gasteiger partial charge in [0.1, 0.15) is 17.0 Å². The minimum Gasteiger partial charge on any atom is -0.497 e. The number of hydrogen-bond acceptors (Lipinski definition) is 7. The smallest absolute Gasteiger partial charge is 0.255 e. The van der Waals surface area contributed by atoms with E-state index >= 15 is 0 Å². The molecular weight excluding hydrogens is 366 g/mol. The molecule has 1 unspecified atom stereocenters. The number of carbonyl (C=O) groups excluding carboxylic acids is 1. The molecule has 3 aromatic rings. The van der Waals surface area contributed by atoms with Crippen molar-refractivity contribution < 1.29 is 18.7 Å². The second kappa shape index (κ2) is 7.32. The summed E-state index contributed by atoms with van der Waals surface area (Å²) in [5, 5.41) is 2.91. The molecule has 0 radical (unpaired) electrons. The van der Waals surface area contributed by atoms with Gasteiger partial charge in [-0.3, -0.25) is 9.78 Å². The van der Waals surface area contributed by atoms with Gasteiger partial charge in [0.05, 0.1) is 36.3 Å². The first kappa shape index (κ1) is 17.4. The Bertz CT molecular complexity index is 998. The second-order valence-electron chi connectivity index (χ2n) is 5.81. The van der Waals surface area contributed by atoms with Crippen molar-refractivity contribution in [1.82, 2.24) is 15.3 Å². The predicted molar refractivity (Wildman–Crippen MR) is 103 cm³/mol. The number of carbonyl (C=O) groups is 1. The fourth-order valence-corrected chi connectivity index (χ4v) is 3.83. The Kier molecular flexibility index (Phi) is 4.72. The highest BCUT2D eigenvalue weighted by Gasteiger charge is 2.25. The molecule has 0 fully saturated rings. The van der Waals surface area contributed by atoms with Crippen molar-refractivity contribution in [3.63, 3.8) is 0 Å². The highest BCUT2D eigenvalue weighted by atomic mass is 32.2. The number of benzene rings is 1. The minimum atomic E-state index is -0.205. The van der Waals surface area contributed by atoms with Crippen molar-refractivity contribution in [2.24, 2.45) is 0 Å². The number of oxazole rings is 1. The zero-order chi connectivity index (χ0) is 18.8. The lowest BCUT2D eigenvalue weighted by molar-refractivity contribution is 0.0947. The van der Waals surface area contributed by atoms with Crippen molar-refractivity contribution in [3.8, 4) is 11.5 Å².